The van der Waals surface area contributed by atoms with Gasteiger partial charge in [0, 0.05) is 17.9 Å². The monoisotopic (exact) mass is 330 g/mol. The molecule has 1 fully saturated rings. The number of thioether (sulfide) groups is 1. The first kappa shape index (κ1) is 16.1. The lowest BCUT2D eigenvalue weighted by Crippen LogP contribution is -2.30. The van der Waals surface area contributed by atoms with Crippen molar-refractivity contribution in [3.8, 4) is 0 Å². The van der Waals surface area contributed by atoms with Gasteiger partial charge >= 0.3 is 0 Å². The third kappa shape index (κ3) is 4.82. The van der Waals surface area contributed by atoms with Gasteiger partial charge in [0.15, 0.2) is 5.16 Å². The molecule has 6 heteroatoms. The molecule has 1 aliphatic carbocycles. The van der Waals surface area contributed by atoms with Crippen molar-refractivity contribution in [2.75, 3.05) is 6.54 Å². The number of rotatable bonds is 6. The van der Waals surface area contributed by atoms with E-state index < -0.39 is 0 Å². The van der Waals surface area contributed by atoms with Gasteiger partial charge in [0.1, 0.15) is 6.33 Å². The van der Waals surface area contributed by atoms with Gasteiger partial charge in [-0.25, -0.2) is 4.98 Å². The molecule has 0 spiro atoms. The first-order chi connectivity index (χ1) is 11.3. The molecule has 0 unspecified atom stereocenters. The van der Waals surface area contributed by atoms with Crippen molar-refractivity contribution < 1.29 is 4.79 Å². The van der Waals surface area contributed by atoms with E-state index in [0.717, 1.165) is 28.6 Å². The van der Waals surface area contributed by atoms with Crippen molar-refractivity contribution in [3.63, 3.8) is 0 Å². The number of hydrogen-bond acceptors (Lipinski definition) is 4. The van der Waals surface area contributed by atoms with Crippen LogP contribution in [0.2, 0.25) is 0 Å². The van der Waals surface area contributed by atoms with Crippen LogP contribution in [-0.4, -0.2) is 27.6 Å². The molecule has 1 saturated carbocycles. The number of H-pyrrole nitrogens is 1. The Balaban J connectivity index is 1.46. The second-order valence-electron chi connectivity index (χ2n) is 5.99. The maximum atomic E-state index is 12.2. The van der Waals surface area contributed by atoms with Crippen LogP contribution in [0.4, 0.5) is 0 Å². The Morgan fingerprint density at radius 1 is 1.22 bits per heavy atom. The summed E-state index contributed by atoms with van der Waals surface area (Å²) in [5.74, 6) is 1.49. The molecule has 2 N–H and O–H groups in total. The molecule has 0 bridgehead atoms. The molecule has 0 aliphatic heterocycles. The smallest absolute Gasteiger partial charge is 0.251 e. The summed E-state index contributed by atoms with van der Waals surface area (Å²) in [5.41, 5.74) is 1.89. The fourth-order valence-electron chi connectivity index (χ4n) is 2.90. The normalized spacial score (nSPS) is 15.5. The molecule has 0 radical (unpaired) electrons. The molecule has 0 atom stereocenters. The van der Waals surface area contributed by atoms with Gasteiger partial charge in [0.05, 0.1) is 0 Å². The van der Waals surface area contributed by atoms with Crippen molar-refractivity contribution in [2.24, 2.45) is 5.92 Å². The van der Waals surface area contributed by atoms with Crippen LogP contribution >= 0.6 is 11.8 Å². The van der Waals surface area contributed by atoms with Crippen molar-refractivity contribution in [3.05, 3.63) is 41.7 Å². The third-order valence-corrected chi connectivity index (χ3v) is 5.21. The molecule has 0 saturated heterocycles. The van der Waals surface area contributed by atoms with E-state index in [1.807, 2.05) is 24.3 Å². The quantitative estimate of drug-likeness (QED) is 0.796. The van der Waals surface area contributed by atoms with Crippen LogP contribution in [-0.2, 0) is 5.75 Å². The molecule has 2 aromatic rings. The third-order valence-electron chi connectivity index (χ3n) is 4.26. The number of nitrogens with zero attached hydrogens (tertiary/aromatic N) is 2. The molecule has 1 aliphatic rings. The summed E-state index contributed by atoms with van der Waals surface area (Å²) in [7, 11) is 0. The summed E-state index contributed by atoms with van der Waals surface area (Å²) in [4.78, 5) is 16.3. The highest BCUT2D eigenvalue weighted by Crippen LogP contribution is 2.23. The summed E-state index contributed by atoms with van der Waals surface area (Å²) < 4.78 is 0. The zero-order valence-electron chi connectivity index (χ0n) is 13.1. The fraction of sp³-hybridized carbons (Fsp3) is 0.471. The standard InChI is InChI=1S/C17H22N4OS/c22-16(18-10-13-4-2-1-3-5-13)15-8-6-14(7-9-15)11-23-17-19-12-20-21-17/h6-9,12-13H,1-5,10-11H2,(H,18,22)(H,19,20,21). The minimum Gasteiger partial charge on any atom is -0.352 e. The Labute approximate surface area is 140 Å². The van der Waals surface area contributed by atoms with Crippen LogP contribution in [0.25, 0.3) is 0 Å². The van der Waals surface area contributed by atoms with Gasteiger partial charge in [-0.05, 0) is 36.5 Å². The van der Waals surface area contributed by atoms with Crippen LogP contribution < -0.4 is 5.32 Å². The molecule has 1 aromatic carbocycles. The minimum absolute atomic E-state index is 0.0324. The SMILES string of the molecule is O=C(NCC1CCCCC1)c1ccc(CSc2ncn[nH]2)cc1. The zero-order valence-corrected chi connectivity index (χ0v) is 13.9. The second kappa shape index (κ2) is 8.15. The van der Waals surface area contributed by atoms with E-state index >= 15 is 0 Å². The molecule has 1 amide bonds. The Kier molecular flexibility index (Phi) is 5.69. The highest BCUT2D eigenvalue weighted by atomic mass is 32.2. The number of nitrogens with one attached hydrogen (secondary N) is 2. The summed E-state index contributed by atoms with van der Waals surface area (Å²) in [6, 6.07) is 7.79. The van der Waals surface area contributed by atoms with Crippen molar-refractivity contribution >= 4 is 17.7 Å². The number of carbonyl (C=O) groups is 1. The minimum atomic E-state index is 0.0324. The molecule has 3 rings (SSSR count). The first-order valence-corrected chi connectivity index (χ1v) is 9.15. The van der Waals surface area contributed by atoms with Crippen molar-refractivity contribution in [1.82, 2.24) is 20.5 Å². The van der Waals surface area contributed by atoms with E-state index in [1.165, 1.54) is 38.4 Å². The summed E-state index contributed by atoms with van der Waals surface area (Å²) in [6.45, 7) is 0.807. The Hall–Kier alpha value is -1.82. The zero-order chi connectivity index (χ0) is 15.9. The molecule has 122 valence electrons. The van der Waals surface area contributed by atoms with Gasteiger partial charge in [0.2, 0.25) is 0 Å². The van der Waals surface area contributed by atoms with Gasteiger partial charge in [-0.3, -0.25) is 9.89 Å². The molecular weight excluding hydrogens is 308 g/mol. The second-order valence-corrected chi connectivity index (χ2v) is 6.95. The summed E-state index contributed by atoms with van der Waals surface area (Å²) in [5, 5.41) is 10.5. The lowest BCUT2D eigenvalue weighted by atomic mass is 9.89. The molecular formula is C17H22N4OS. The molecule has 1 aromatic heterocycles. The maximum Gasteiger partial charge on any atom is 0.251 e. The molecule has 1 heterocycles. The Morgan fingerprint density at radius 2 is 2.00 bits per heavy atom. The van der Waals surface area contributed by atoms with Gasteiger partial charge in [-0.15, -0.1) is 0 Å². The van der Waals surface area contributed by atoms with Crippen molar-refractivity contribution in [1.29, 1.82) is 0 Å². The van der Waals surface area contributed by atoms with Crippen LogP contribution in [0.1, 0.15) is 48.0 Å². The van der Waals surface area contributed by atoms with E-state index in [9.17, 15) is 4.79 Å². The maximum absolute atomic E-state index is 12.2. The predicted molar refractivity (Wildman–Crippen MR) is 91.3 cm³/mol. The number of hydrogen-bond donors (Lipinski definition) is 2. The lowest BCUT2D eigenvalue weighted by Gasteiger charge is -2.21. The van der Waals surface area contributed by atoms with Crippen LogP contribution in [0.15, 0.2) is 35.7 Å². The first-order valence-electron chi connectivity index (χ1n) is 8.16. The highest BCUT2D eigenvalue weighted by molar-refractivity contribution is 7.98. The number of aromatic nitrogens is 3. The molecule has 5 nitrogen and oxygen atoms in total. The highest BCUT2D eigenvalue weighted by Gasteiger charge is 2.14. The van der Waals surface area contributed by atoms with E-state index in [2.05, 4.69) is 20.5 Å². The summed E-state index contributed by atoms with van der Waals surface area (Å²) >= 11 is 1.59. The number of carbonyl (C=O) groups excluding carboxylic acids is 1. The van der Waals surface area contributed by atoms with Crippen molar-refractivity contribution in [2.45, 2.75) is 43.0 Å². The Morgan fingerprint density at radius 3 is 2.70 bits per heavy atom. The fourth-order valence-corrected chi connectivity index (χ4v) is 3.63. The number of amides is 1. The van der Waals surface area contributed by atoms with E-state index in [-0.39, 0.29) is 5.91 Å². The van der Waals surface area contributed by atoms with E-state index in [0.29, 0.717) is 5.92 Å². The van der Waals surface area contributed by atoms with Crippen LogP contribution in [0.5, 0.6) is 0 Å². The van der Waals surface area contributed by atoms with Crippen LogP contribution in [0, 0.1) is 5.92 Å². The number of benzene rings is 1. The largest absolute Gasteiger partial charge is 0.352 e. The van der Waals surface area contributed by atoms with Gasteiger partial charge in [-0.1, -0.05) is 43.2 Å². The topological polar surface area (TPSA) is 70.7 Å². The predicted octanol–water partition coefficient (Wildman–Crippen LogP) is 3.41. The number of aromatic amines is 1. The average molecular weight is 330 g/mol. The van der Waals surface area contributed by atoms with E-state index in [1.54, 1.807) is 11.8 Å². The van der Waals surface area contributed by atoms with Gasteiger partial charge < -0.3 is 5.32 Å². The lowest BCUT2D eigenvalue weighted by molar-refractivity contribution is 0.0943. The van der Waals surface area contributed by atoms with Gasteiger partial charge in [0.25, 0.3) is 5.91 Å². The Bertz CT molecular complexity index is 606. The average Bonchev–Trinajstić information content (AvgIpc) is 3.13. The summed E-state index contributed by atoms with van der Waals surface area (Å²) in [6.07, 6.45) is 7.95. The van der Waals surface area contributed by atoms with Gasteiger partial charge in [-0.2, -0.15) is 5.10 Å². The van der Waals surface area contributed by atoms with Crippen LogP contribution in [0.3, 0.4) is 0 Å². The van der Waals surface area contributed by atoms with E-state index in [4.69, 9.17) is 0 Å². The molecule has 23 heavy (non-hydrogen) atoms.